The third-order valence-electron chi connectivity index (χ3n) is 6.95. The van der Waals surface area contributed by atoms with Crippen LogP contribution in [0.15, 0.2) is 22.8 Å². The molecule has 0 unspecified atom stereocenters. The van der Waals surface area contributed by atoms with Crippen molar-refractivity contribution < 1.29 is 29.0 Å². The van der Waals surface area contributed by atoms with Crippen molar-refractivity contribution in [3.8, 4) is 0 Å². The zero-order valence-corrected chi connectivity index (χ0v) is 15.1. The molecule has 1 aliphatic heterocycles. The SMILES string of the molecule is CC(C)C1=CC(=O)[C@@]2(O)[C@H](CC[C@H]3C4=C(CC(=O)[C@@]32C)C(=O)OC4)C1=O. The van der Waals surface area contributed by atoms with Gasteiger partial charge < -0.3 is 9.84 Å². The molecule has 1 heterocycles. The lowest BCUT2D eigenvalue weighted by molar-refractivity contribution is -0.189. The van der Waals surface area contributed by atoms with E-state index in [4.69, 9.17) is 4.74 Å². The fraction of sp³-hybridized carbons (Fsp3) is 0.600. The van der Waals surface area contributed by atoms with E-state index in [0.717, 1.165) is 0 Å². The standard InChI is InChI=1S/C20H22O6/c1-9(2)10-6-16(22)20(25)14(17(10)23)5-4-13-12-8-26-18(24)11(12)7-15(21)19(13,20)3/h6,9,13-14,25H,4-5,7-8H2,1-3H3/t13-,14+,19+,20-/m0/s1. The first-order chi connectivity index (χ1) is 12.1. The van der Waals surface area contributed by atoms with E-state index >= 15 is 0 Å². The lowest BCUT2D eigenvalue weighted by Gasteiger charge is -2.56. The number of hydrogen-bond acceptors (Lipinski definition) is 6. The average Bonchev–Trinajstić information content (AvgIpc) is 2.93. The Morgan fingerprint density at radius 1 is 1.15 bits per heavy atom. The smallest absolute Gasteiger partial charge is 0.334 e. The van der Waals surface area contributed by atoms with Gasteiger partial charge in [0.05, 0.1) is 11.3 Å². The summed E-state index contributed by atoms with van der Waals surface area (Å²) in [7, 11) is 0. The van der Waals surface area contributed by atoms with E-state index < -0.39 is 34.6 Å². The molecule has 6 nitrogen and oxygen atoms in total. The molecule has 1 saturated carbocycles. The summed E-state index contributed by atoms with van der Waals surface area (Å²) in [4.78, 5) is 51.0. The van der Waals surface area contributed by atoms with Crippen LogP contribution < -0.4 is 0 Å². The number of hydrogen-bond donors (Lipinski definition) is 1. The zero-order chi connectivity index (χ0) is 19.0. The van der Waals surface area contributed by atoms with Crippen LogP contribution in [0.4, 0.5) is 0 Å². The molecule has 0 aromatic heterocycles. The van der Waals surface area contributed by atoms with Gasteiger partial charge in [0.2, 0.25) is 0 Å². The molecular weight excluding hydrogens is 336 g/mol. The minimum Gasteiger partial charge on any atom is -0.458 e. The minimum absolute atomic E-state index is 0.0949. The predicted octanol–water partition coefficient (Wildman–Crippen LogP) is 1.31. The van der Waals surface area contributed by atoms with Crippen molar-refractivity contribution >= 4 is 23.3 Å². The molecule has 0 radical (unpaired) electrons. The van der Waals surface area contributed by atoms with Crippen molar-refractivity contribution in [3.05, 3.63) is 22.8 Å². The number of fused-ring (bicyclic) bond motifs is 4. The second-order valence-electron chi connectivity index (χ2n) is 8.31. The first-order valence-corrected chi connectivity index (χ1v) is 9.09. The Morgan fingerprint density at radius 2 is 1.81 bits per heavy atom. The first-order valence-electron chi connectivity index (χ1n) is 9.09. The van der Waals surface area contributed by atoms with Crippen molar-refractivity contribution in [2.45, 2.75) is 45.6 Å². The molecule has 1 N–H and O–H groups in total. The Bertz CT molecular complexity index is 831. The Labute approximate surface area is 151 Å². The van der Waals surface area contributed by atoms with Gasteiger partial charge in [-0.2, -0.15) is 0 Å². The monoisotopic (exact) mass is 358 g/mol. The first kappa shape index (κ1) is 17.3. The molecule has 138 valence electrons. The molecule has 4 atom stereocenters. The average molecular weight is 358 g/mol. The number of carbonyl (C=O) groups is 4. The summed E-state index contributed by atoms with van der Waals surface area (Å²) in [5.74, 6) is -3.17. The van der Waals surface area contributed by atoms with Gasteiger partial charge in [-0.1, -0.05) is 13.8 Å². The number of aliphatic hydroxyl groups is 1. The van der Waals surface area contributed by atoms with Crippen molar-refractivity contribution in [2.75, 3.05) is 6.61 Å². The van der Waals surface area contributed by atoms with Gasteiger partial charge in [0, 0.05) is 17.6 Å². The number of carbonyl (C=O) groups excluding carboxylic acids is 4. The maximum Gasteiger partial charge on any atom is 0.334 e. The molecule has 0 amide bonds. The van der Waals surface area contributed by atoms with Gasteiger partial charge in [0.25, 0.3) is 0 Å². The third-order valence-corrected chi connectivity index (χ3v) is 6.95. The van der Waals surface area contributed by atoms with Crippen LogP contribution in [0.2, 0.25) is 0 Å². The molecule has 3 aliphatic carbocycles. The molecule has 0 bridgehead atoms. The summed E-state index contributed by atoms with van der Waals surface area (Å²) in [5.41, 5.74) is -1.99. The van der Waals surface area contributed by atoms with Gasteiger partial charge in [-0.05, 0) is 43.3 Å². The van der Waals surface area contributed by atoms with Crippen LogP contribution in [0.3, 0.4) is 0 Å². The lowest BCUT2D eigenvalue weighted by Crippen LogP contribution is -2.70. The van der Waals surface area contributed by atoms with E-state index in [1.807, 2.05) is 13.8 Å². The maximum atomic E-state index is 13.1. The fourth-order valence-corrected chi connectivity index (χ4v) is 5.40. The Morgan fingerprint density at radius 3 is 2.46 bits per heavy atom. The van der Waals surface area contributed by atoms with Gasteiger partial charge in [-0.25, -0.2) is 4.79 Å². The molecule has 0 aromatic rings. The summed E-state index contributed by atoms with van der Waals surface area (Å²) >= 11 is 0. The zero-order valence-electron chi connectivity index (χ0n) is 15.1. The Kier molecular flexibility index (Phi) is 3.48. The molecule has 6 heteroatoms. The van der Waals surface area contributed by atoms with Crippen LogP contribution in [0.25, 0.3) is 0 Å². The molecule has 26 heavy (non-hydrogen) atoms. The predicted molar refractivity (Wildman–Crippen MR) is 89.8 cm³/mol. The van der Waals surface area contributed by atoms with E-state index in [2.05, 4.69) is 0 Å². The fourth-order valence-electron chi connectivity index (χ4n) is 5.40. The molecule has 1 fully saturated rings. The van der Waals surface area contributed by atoms with Gasteiger partial charge in [-0.3, -0.25) is 14.4 Å². The molecule has 4 aliphatic rings. The highest BCUT2D eigenvalue weighted by Gasteiger charge is 2.70. The van der Waals surface area contributed by atoms with Crippen LogP contribution in [0.5, 0.6) is 0 Å². The van der Waals surface area contributed by atoms with Gasteiger partial charge >= 0.3 is 5.97 Å². The second-order valence-corrected chi connectivity index (χ2v) is 8.31. The van der Waals surface area contributed by atoms with E-state index in [9.17, 15) is 24.3 Å². The van der Waals surface area contributed by atoms with Crippen LogP contribution in [0, 0.1) is 23.2 Å². The number of Topliss-reactive ketones (excluding diaryl/α,β-unsaturated/α-hetero) is 2. The van der Waals surface area contributed by atoms with Gasteiger partial charge in [-0.15, -0.1) is 0 Å². The number of ether oxygens (including phenoxy) is 1. The van der Waals surface area contributed by atoms with Crippen LogP contribution in [-0.2, 0) is 23.9 Å². The summed E-state index contributed by atoms with van der Waals surface area (Å²) in [6.45, 7) is 5.34. The van der Waals surface area contributed by atoms with E-state index in [-0.39, 0.29) is 30.5 Å². The maximum absolute atomic E-state index is 13.1. The van der Waals surface area contributed by atoms with E-state index in [0.29, 0.717) is 29.6 Å². The number of ketones is 3. The molecular formula is C20H22O6. The van der Waals surface area contributed by atoms with E-state index in [1.165, 1.54) is 6.08 Å². The Hall–Kier alpha value is -2.08. The largest absolute Gasteiger partial charge is 0.458 e. The summed E-state index contributed by atoms with van der Waals surface area (Å²) in [5, 5.41) is 11.6. The molecule has 4 rings (SSSR count). The van der Waals surface area contributed by atoms with Crippen LogP contribution in [-0.4, -0.2) is 40.6 Å². The summed E-state index contributed by atoms with van der Waals surface area (Å²) < 4.78 is 5.10. The highest BCUT2D eigenvalue weighted by Crippen LogP contribution is 2.60. The molecule has 0 saturated heterocycles. The lowest BCUT2D eigenvalue weighted by atomic mass is 9.46. The second kappa shape index (κ2) is 5.22. The quantitative estimate of drug-likeness (QED) is 0.710. The van der Waals surface area contributed by atoms with Crippen LogP contribution in [0.1, 0.15) is 40.0 Å². The number of rotatable bonds is 1. The molecule has 0 aromatic carbocycles. The minimum atomic E-state index is -2.06. The number of cyclic esters (lactones) is 1. The van der Waals surface area contributed by atoms with Crippen molar-refractivity contribution in [1.29, 1.82) is 0 Å². The normalized spacial score (nSPS) is 39.5. The number of esters is 1. The topological polar surface area (TPSA) is 97.7 Å². The van der Waals surface area contributed by atoms with Gasteiger partial charge in [0.15, 0.2) is 11.6 Å². The Balaban J connectivity index is 1.89. The summed E-state index contributed by atoms with van der Waals surface area (Å²) in [6, 6.07) is 0. The van der Waals surface area contributed by atoms with Crippen LogP contribution >= 0.6 is 0 Å². The van der Waals surface area contributed by atoms with Crippen molar-refractivity contribution in [1.82, 2.24) is 0 Å². The highest BCUT2D eigenvalue weighted by molar-refractivity contribution is 6.17. The number of allylic oxidation sites excluding steroid dienone is 1. The van der Waals surface area contributed by atoms with Crippen molar-refractivity contribution in [3.63, 3.8) is 0 Å². The molecule has 0 spiro atoms. The van der Waals surface area contributed by atoms with E-state index in [1.54, 1.807) is 6.92 Å². The highest BCUT2D eigenvalue weighted by atomic mass is 16.5. The van der Waals surface area contributed by atoms with Crippen molar-refractivity contribution in [2.24, 2.45) is 23.2 Å². The van der Waals surface area contributed by atoms with Gasteiger partial charge in [0.1, 0.15) is 18.0 Å². The third kappa shape index (κ3) is 1.80. The summed E-state index contributed by atoms with van der Waals surface area (Å²) in [6.07, 6.45) is 1.85.